The van der Waals surface area contributed by atoms with Crippen LogP contribution in [0.1, 0.15) is 361 Å². The highest BCUT2D eigenvalue weighted by atomic mass is 31.2. The number of rotatable bonds is 65. The van der Waals surface area contributed by atoms with E-state index in [0.29, 0.717) is 23.9 Å². The number of unbranched alkanes of at least 4 members (excludes halogenated alkanes) is 47. The number of hydrogen-bond acceptors (Lipinski definition) is 6. The Labute approximate surface area is 498 Å². The highest BCUT2D eigenvalue weighted by Crippen LogP contribution is 2.43. The van der Waals surface area contributed by atoms with Gasteiger partial charge in [-0.15, -0.1) is 0 Å². The SMILES string of the molecule is CCCCCCCCC/C=C\CCCCCC(=O)NC(COP(=O)(O)OCC[N+](C)(C)C)C(/C=C\CCCCCCCCCCCCC)OC(=O)CCCCCCCCCCCCCCCCCCCCCCCCCCCCC. The van der Waals surface area contributed by atoms with Crippen molar-refractivity contribution in [1.29, 1.82) is 0 Å². The summed E-state index contributed by atoms with van der Waals surface area (Å²) in [5.74, 6) is -0.503. The molecule has 0 spiro atoms. The van der Waals surface area contributed by atoms with E-state index >= 15 is 0 Å². The van der Waals surface area contributed by atoms with Crippen molar-refractivity contribution in [1.82, 2.24) is 5.32 Å². The van der Waals surface area contributed by atoms with Crippen LogP contribution in [-0.2, 0) is 27.9 Å². The topological polar surface area (TPSA) is 111 Å². The molecule has 3 unspecified atom stereocenters. The van der Waals surface area contributed by atoms with Crippen molar-refractivity contribution in [3.63, 3.8) is 0 Å². The fourth-order valence-electron chi connectivity index (χ4n) is 10.7. The zero-order valence-electron chi connectivity index (χ0n) is 54.4. The Bertz CT molecular complexity index is 1420. The molecule has 80 heavy (non-hydrogen) atoms. The van der Waals surface area contributed by atoms with Gasteiger partial charge in [-0.05, 0) is 57.4 Å². The second-order valence-electron chi connectivity index (χ2n) is 25.4. The second kappa shape index (κ2) is 60.6. The Hall–Kier alpha value is -1.51. The van der Waals surface area contributed by atoms with E-state index in [2.05, 4.69) is 38.2 Å². The highest BCUT2D eigenvalue weighted by Gasteiger charge is 2.30. The Balaban J connectivity index is 4.98. The summed E-state index contributed by atoms with van der Waals surface area (Å²) < 4.78 is 30.8. The standard InChI is InChI=1S/C70H137N2O7P/c1-7-10-13-16-19-22-25-28-30-31-32-33-34-35-36-37-38-39-40-41-42-45-48-51-54-57-60-63-70(74)79-68(61-58-55-52-49-46-43-27-24-21-18-15-12-9-3)67(66-78-80(75,76)77-65-64-72(4,5)6)71-69(73)62-59-56-53-50-47-44-29-26-23-20-17-14-11-8-2/h44,47,58,61,67-68H,7-43,45-46,48-57,59-60,62-66H2,1-6H3,(H-,71,73,75,76)/p+1/b47-44-,61-58-. The molecule has 9 nitrogen and oxygen atoms in total. The van der Waals surface area contributed by atoms with Crippen LogP contribution in [0.5, 0.6) is 0 Å². The molecule has 0 aliphatic heterocycles. The number of likely N-dealkylation sites (N-methyl/N-ethyl adjacent to an activating group) is 1. The predicted molar refractivity (Wildman–Crippen MR) is 346 cm³/mol. The van der Waals surface area contributed by atoms with Crippen LogP contribution in [0.3, 0.4) is 0 Å². The molecule has 1 amide bonds. The van der Waals surface area contributed by atoms with Crippen molar-refractivity contribution >= 4 is 19.7 Å². The van der Waals surface area contributed by atoms with E-state index in [1.165, 1.54) is 257 Å². The lowest BCUT2D eigenvalue weighted by Gasteiger charge is -2.27. The number of hydrogen-bond donors (Lipinski definition) is 2. The minimum absolute atomic E-state index is 0.0412. The van der Waals surface area contributed by atoms with Crippen LogP contribution in [-0.4, -0.2) is 74.3 Å². The number of nitrogens with one attached hydrogen (secondary N) is 1. The highest BCUT2D eigenvalue weighted by molar-refractivity contribution is 7.47. The molecule has 0 aliphatic carbocycles. The van der Waals surface area contributed by atoms with E-state index < -0.39 is 20.0 Å². The predicted octanol–water partition coefficient (Wildman–Crippen LogP) is 22.1. The lowest BCUT2D eigenvalue weighted by molar-refractivity contribution is -0.870. The number of phosphoric ester groups is 1. The van der Waals surface area contributed by atoms with Crippen molar-refractivity contribution in [2.75, 3.05) is 40.9 Å². The molecule has 2 N–H and O–H groups in total. The third-order valence-electron chi connectivity index (χ3n) is 16.1. The van der Waals surface area contributed by atoms with Gasteiger partial charge in [-0.3, -0.25) is 18.6 Å². The van der Waals surface area contributed by atoms with Gasteiger partial charge >= 0.3 is 13.8 Å². The fourth-order valence-corrected chi connectivity index (χ4v) is 11.4. The van der Waals surface area contributed by atoms with Crippen LogP contribution < -0.4 is 5.32 Å². The Kier molecular flexibility index (Phi) is 59.5. The first-order valence-corrected chi connectivity index (χ1v) is 36.7. The van der Waals surface area contributed by atoms with Crippen molar-refractivity contribution in [2.45, 2.75) is 373 Å². The van der Waals surface area contributed by atoms with Crippen LogP contribution in [0.25, 0.3) is 0 Å². The summed E-state index contributed by atoms with van der Waals surface area (Å²) in [6.07, 6.45) is 73.5. The molecule has 0 radical (unpaired) electrons. The number of nitrogens with zero attached hydrogens (tertiary/aromatic N) is 1. The van der Waals surface area contributed by atoms with Crippen molar-refractivity contribution in [3.8, 4) is 0 Å². The maximum atomic E-state index is 13.6. The molecular weight excluding hydrogens is 1010 g/mol. The molecule has 0 fully saturated rings. The van der Waals surface area contributed by atoms with Gasteiger partial charge in [-0.25, -0.2) is 4.57 Å². The molecule has 0 aromatic carbocycles. The van der Waals surface area contributed by atoms with Crippen LogP contribution in [0.15, 0.2) is 24.3 Å². The minimum Gasteiger partial charge on any atom is -0.456 e. The third-order valence-corrected chi connectivity index (χ3v) is 17.1. The zero-order chi connectivity index (χ0) is 58.6. The van der Waals surface area contributed by atoms with Gasteiger partial charge in [0.25, 0.3) is 0 Å². The number of carbonyl (C=O) groups excluding carboxylic acids is 2. The van der Waals surface area contributed by atoms with Gasteiger partial charge in [-0.1, -0.05) is 315 Å². The fraction of sp³-hybridized carbons (Fsp3) is 0.914. The summed E-state index contributed by atoms with van der Waals surface area (Å²) >= 11 is 0. The van der Waals surface area contributed by atoms with Crippen molar-refractivity contribution < 1.29 is 37.3 Å². The Morgan fingerprint density at radius 3 is 1.07 bits per heavy atom. The van der Waals surface area contributed by atoms with E-state index in [9.17, 15) is 19.0 Å². The summed E-state index contributed by atoms with van der Waals surface area (Å²) in [5.41, 5.74) is 0. The molecule has 3 atom stereocenters. The van der Waals surface area contributed by atoms with Gasteiger partial charge in [0.05, 0.1) is 33.8 Å². The zero-order valence-corrected chi connectivity index (χ0v) is 55.2. The molecule has 0 aliphatic rings. The number of phosphoric acid groups is 1. The van der Waals surface area contributed by atoms with Gasteiger partial charge in [0.2, 0.25) is 5.91 Å². The number of quaternary nitrogens is 1. The first-order valence-electron chi connectivity index (χ1n) is 35.2. The molecule has 0 heterocycles. The van der Waals surface area contributed by atoms with Gasteiger partial charge < -0.3 is 19.4 Å². The minimum atomic E-state index is -4.45. The first-order chi connectivity index (χ1) is 38.9. The van der Waals surface area contributed by atoms with Crippen molar-refractivity contribution in [2.24, 2.45) is 0 Å². The number of ether oxygens (including phenoxy) is 1. The normalized spacial score (nSPS) is 13.6. The summed E-state index contributed by atoms with van der Waals surface area (Å²) in [6.45, 7) is 7.06. The summed E-state index contributed by atoms with van der Waals surface area (Å²) in [4.78, 5) is 37.8. The van der Waals surface area contributed by atoms with E-state index in [1.807, 2.05) is 33.3 Å². The van der Waals surface area contributed by atoms with Gasteiger partial charge in [0.15, 0.2) is 0 Å². The maximum Gasteiger partial charge on any atom is 0.472 e. The van der Waals surface area contributed by atoms with Crippen LogP contribution in [0.4, 0.5) is 0 Å². The summed E-state index contributed by atoms with van der Waals surface area (Å²) in [7, 11) is 1.51. The summed E-state index contributed by atoms with van der Waals surface area (Å²) in [5, 5.41) is 3.06. The number of amides is 1. The molecule has 0 saturated heterocycles. The van der Waals surface area contributed by atoms with E-state index in [1.54, 1.807) is 0 Å². The molecule has 474 valence electrons. The average molecular weight is 1150 g/mol. The quantitative estimate of drug-likeness (QED) is 0.0205. The molecule has 0 aromatic rings. The molecule has 0 aromatic heterocycles. The lowest BCUT2D eigenvalue weighted by Crippen LogP contribution is -2.47. The third kappa shape index (κ3) is 61.1. The molecule has 0 bridgehead atoms. The monoisotopic (exact) mass is 1150 g/mol. The lowest BCUT2D eigenvalue weighted by atomic mass is 10.0. The average Bonchev–Trinajstić information content (AvgIpc) is 3.42. The van der Waals surface area contributed by atoms with Gasteiger partial charge in [0.1, 0.15) is 19.3 Å². The van der Waals surface area contributed by atoms with Crippen LogP contribution in [0.2, 0.25) is 0 Å². The summed E-state index contributed by atoms with van der Waals surface area (Å²) in [6, 6.07) is -0.851. The Morgan fingerprint density at radius 2 is 0.725 bits per heavy atom. The maximum absolute atomic E-state index is 13.6. The number of allylic oxidation sites excluding steroid dienone is 3. The van der Waals surface area contributed by atoms with Gasteiger partial charge in [0, 0.05) is 12.8 Å². The molecule has 0 saturated carbocycles. The number of esters is 1. The molecule has 0 rings (SSSR count). The van der Waals surface area contributed by atoms with Crippen molar-refractivity contribution in [3.05, 3.63) is 24.3 Å². The van der Waals surface area contributed by atoms with E-state index in [0.717, 1.165) is 70.6 Å². The smallest absolute Gasteiger partial charge is 0.456 e. The van der Waals surface area contributed by atoms with Crippen LogP contribution >= 0.6 is 7.82 Å². The number of carbonyl (C=O) groups is 2. The van der Waals surface area contributed by atoms with Gasteiger partial charge in [-0.2, -0.15) is 0 Å². The molecule has 10 heteroatoms. The Morgan fingerprint density at radius 1 is 0.425 bits per heavy atom. The largest absolute Gasteiger partial charge is 0.472 e. The molecular formula is C70H138N2O7P+. The van der Waals surface area contributed by atoms with E-state index in [4.69, 9.17) is 13.8 Å². The van der Waals surface area contributed by atoms with Crippen LogP contribution in [0, 0.1) is 0 Å². The van der Waals surface area contributed by atoms with E-state index in [-0.39, 0.29) is 25.1 Å². The second-order valence-corrected chi connectivity index (χ2v) is 26.9. The first kappa shape index (κ1) is 78.5.